The predicted octanol–water partition coefficient (Wildman–Crippen LogP) is 4.43. The Bertz CT molecular complexity index is 716. The molecule has 0 bridgehead atoms. The summed E-state index contributed by atoms with van der Waals surface area (Å²) in [6, 6.07) is -0.811. The van der Waals surface area contributed by atoms with E-state index in [-0.39, 0.29) is 12.5 Å². The molecule has 0 aliphatic carbocycles. The Kier molecular flexibility index (Phi) is 23.1. The molecule has 1 heterocycles. The third-order valence-corrected chi connectivity index (χ3v) is 7.78. The van der Waals surface area contributed by atoms with Crippen LogP contribution < -0.4 is 5.32 Å². The monoisotopic (exact) mass is 599 g/mol. The van der Waals surface area contributed by atoms with Crippen molar-refractivity contribution in [2.45, 2.75) is 166 Å². The molecule has 42 heavy (non-hydrogen) atoms. The molecule has 1 fully saturated rings. The van der Waals surface area contributed by atoms with Crippen LogP contribution >= 0.6 is 0 Å². The van der Waals surface area contributed by atoms with Gasteiger partial charge in [-0.15, -0.1) is 0 Å². The second-order valence-electron chi connectivity index (χ2n) is 11.6. The van der Waals surface area contributed by atoms with Crippen LogP contribution in [0.4, 0.5) is 0 Å². The minimum absolute atomic E-state index is 0.197. The standard InChI is InChI=1S/C33H61NO8/c1-3-5-7-9-11-13-14-15-16-18-20-22-27(36)26(34-29(37)23-21-19-17-12-10-8-6-4-2)25-41-33-32(40)31(39)30(38)28(24-35)42-33/h14-15,20,22,26-28,30-33,35-36,38-40H,3-13,16-19,21,23-25H2,1-2H3,(H,34,37)/b15-14+,22-20+. The third-order valence-electron chi connectivity index (χ3n) is 7.78. The van der Waals surface area contributed by atoms with E-state index in [0.29, 0.717) is 6.42 Å². The smallest absolute Gasteiger partial charge is 0.220 e. The van der Waals surface area contributed by atoms with Crippen LogP contribution in [0.15, 0.2) is 24.3 Å². The first-order valence-electron chi connectivity index (χ1n) is 16.6. The lowest BCUT2D eigenvalue weighted by molar-refractivity contribution is -0.302. The van der Waals surface area contributed by atoms with Gasteiger partial charge >= 0.3 is 0 Å². The first kappa shape index (κ1) is 38.7. The van der Waals surface area contributed by atoms with E-state index >= 15 is 0 Å². The molecule has 1 saturated heterocycles. The number of ether oxygens (including phenoxy) is 2. The summed E-state index contributed by atoms with van der Waals surface area (Å²) in [6.07, 6.45) is 18.1. The van der Waals surface area contributed by atoms with E-state index in [1.54, 1.807) is 6.08 Å². The Morgan fingerprint density at radius 2 is 1.36 bits per heavy atom. The van der Waals surface area contributed by atoms with Crippen molar-refractivity contribution in [2.75, 3.05) is 13.2 Å². The van der Waals surface area contributed by atoms with Crippen molar-refractivity contribution in [3.63, 3.8) is 0 Å². The largest absolute Gasteiger partial charge is 0.394 e. The first-order chi connectivity index (χ1) is 20.3. The molecule has 6 N–H and O–H groups in total. The van der Waals surface area contributed by atoms with Gasteiger partial charge in [0.1, 0.15) is 24.4 Å². The van der Waals surface area contributed by atoms with Crippen LogP contribution in [0.1, 0.15) is 123 Å². The van der Waals surface area contributed by atoms with E-state index in [2.05, 4.69) is 31.3 Å². The Balaban J connectivity index is 2.58. The number of aliphatic hydroxyl groups excluding tert-OH is 5. The van der Waals surface area contributed by atoms with Gasteiger partial charge in [0.05, 0.1) is 25.4 Å². The number of amides is 1. The highest BCUT2D eigenvalue weighted by atomic mass is 16.7. The summed E-state index contributed by atoms with van der Waals surface area (Å²) < 4.78 is 11.1. The van der Waals surface area contributed by atoms with E-state index in [1.165, 1.54) is 64.2 Å². The van der Waals surface area contributed by atoms with Crippen molar-refractivity contribution in [2.24, 2.45) is 0 Å². The minimum atomic E-state index is -1.56. The Labute approximate surface area is 254 Å². The zero-order chi connectivity index (χ0) is 31.0. The average Bonchev–Trinajstić information content (AvgIpc) is 2.98. The van der Waals surface area contributed by atoms with Gasteiger partial charge in [0.2, 0.25) is 5.91 Å². The van der Waals surface area contributed by atoms with Crippen molar-refractivity contribution in [3.05, 3.63) is 24.3 Å². The van der Waals surface area contributed by atoms with Gasteiger partial charge in [-0.1, -0.05) is 109 Å². The Hall–Kier alpha value is -1.33. The molecule has 7 unspecified atom stereocenters. The van der Waals surface area contributed by atoms with Gasteiger partial charge in [0, 0.05) is 6.42 Å². The van der Waals surface area contributed by atoms with Crippen LogP contribution in [-0.2, 0) is 14.3 Å². The van der Waals surface area contributed by atoms with Crippen molar-refractivity contribution < 1.29 is 39.8 Å². The number of nitrogens with one attached hydrogen (secondary N) is 1. The van der Waals surface area contributed by atoms with Crippen molar-refractivity contribution in [3.8, 4) is 0 Å². The van der Waals surface area contributed by atoms with Crippen LogP contribution in [0.25, 0.3) is 0 Å². The maximum Gasteiger partial charge on any atom is 0.220 e. The summed E-state index contributed by atoms with van der Waals surface area (Å²) in [5.74, 6) is -0.197. The molecule has 1 aliphatic rings. The zero-order valence-corrected chi connectivity index (χ0v) is 26.2. The summed E-state index contributed by atoms with van der Waals surface area (Å²) in [5.41, 5.74) is 0. The summed E-state index contributed by atoms with van der Waals surface area (Å²) in [4.78, 5) is 12.7. The number of hydrogen-bond acceptors (Lipinski definition) is 8. The molecule has 0 spiro atoms. The van der Waals surface area contributed by atoms with Gasteiger partial charge in [0.15, 0.2) is 6.29 Å². The quantitative estimate of drug-likeness (QED) is 0.0667. The lowest BCUT2D eigenvalue weighted by Gasteiger charge is -2.40. The molecular weight excluding hydrogens is 538 g/mol. The summed E-state index contributed by atoms with van der Waals surface area (Å²) in [5, 5.41) is 53.5. The lowest BCUT2D eigenvalue weighted by atomic mass is 9.99. The van der Waals surface area contributed by atoms with Crippen molar-refractivity contribution in [1.82, 2.24) is 5.32 Å². The number of aliphatic hydroxyl groups is 5. The van der Waals surface area contributed by atoms with Crippen LogP contribution in [0.2, 0.25) is 0 Å². The molecule has 7 atom stereocenters. The molecule has 0 aromatic rings. The second kappa shape index (κ2) is 25.0. The topological polar surface area (TPSA) is 149 Å². The molecule has 1 rings (SSSR count). The summed E-state index contributed by atoms with van der Waals surface area (Å²) in [7, 11) is 0. The molecule has 0 aromatic heterocycles. The van der Waals surface area contributed by atoms with Crippen LogP contribution in [0.5, 0.6) is 0 Å². The fraction of sp³-hybridized carbons (Fsp3) is 0.848. The lowest BCUT2D eigenvalue weighted by Crippen LogP contribution is -2.60. The Morgan fingerprint density at radius 1 is 0.786 bits per heavy atom. The highest BCUT2D eigenvalue weighted by Crippen LogP contribution is 2.22. The highest BCUT2D eigenvalue weighted by molar-refractivity contribution is 5.76. The predicted molar refractivity (Wildman–Crippen MR) is 166 cm³/mol. The number of rotatable bonds is 25. The third kappa shape index (κ3) is 17.1. The molecule has 0 saturated carbocycles. The zero-order valence-electron chi connectivity index (χ0n) is 26.2. The number of carbonyl (C=O) groups is 1. The molecule has 9 nitrogen and oxygen atoms in total. The summed E-state index contributed by atoms with van der Waals surface area (Å²) in [6.45, 7) is 3.64. The number of unbranched alkanes of at least 4 members (excludes halogenated alkanes) is 13. The van der Waals surface area contributed by atoms with Gasteiger partial charge in [0.25, 0.3) is 0 Å². The molecule has 246 valence electrons. The maximum atomic E-state index is 12.7. The minimum Gasteiger partial charge on any atom is -0.394 e. The number of carbonyl (C=O) groups excluding carboxylic acids is 1. The summed E-state index contributed by atoms with van der Waals surface area (Å²) >= 11 is 0. The van der Waals surface area contributed by atoms with Gasteiger partial charge in [-0.2, -0.15) is 0 Å². The second-order valence-corrected chi connectivity index (χ2v) is 11.6. The van der Waals surface area contributed by atoms with E-state index in [4.69, 9.17) is 9.47 Å². The SMILES string of the molecule is CCCCCCC/C=C/CC/C=C/C(O)C(COC1OC(CO)C(O)C(O)C1O)NC(=O)CCCCCCCCCC. The average molecular weight is 600 g/mol. The van der Waals surface area contributed by atoms with Gasteiger partial charge in [-0.05, 0) is 32.1 Å². The maximum absolute atomic E-state index is 12.7. The molecule has 0 aromatic carbocycles. The molecule has 1 aliphatic heterocycles. The normalized spacial score (nSPS) is 24.4. The fourth-order valence-electron chi connectivity index (χ4n) is 4.99. The van der Waals surface area contributed by atoms with E-state index in [0.717, 1.165) is 38.5 Å². The fourth-order valence-corrected chi connectivity index (χ4v) is 4.99. The van der Waals surface area contributed by atoms with Crippen molar-refractivity contribution >= 4 is 5.91 Å². The Morgan fingerprint density at radius 3 is 2.00 bits per heavy atom. The van der Waals surface area contributed by atoms with Crippen LogP contribution in [0.3, 0.4) is 0 Å². The molecular formula is C33H61NO8. The van der Waals surface area contributed by atoms with Gasteiger partial charge < -0.3 is 40.3 Å². The molecule has 0 radical (unpaired) electrons. The van der Waals surface area contributed by atoms with Crippen LogP contribution in [-0.4, -0.2) is 87.5 Å². The number of hydrogen-bond donors (Lipinski definition) is 6. The van der Waals surface area contributed by atoms with Crippen molar-refractivity contribution in [1.29, 1.82) is 0 Å². The van der Waals surface area contributed by atoms with Crippen LogP contribution in [0, 0.1) is 0 Å². The molecule has 9 heteroatoms. The number of allylic oxidation sites excluding steroid dienone is 3. The van der Waals surface area contributed by atoms with Gasteiger partial charge in [-0.3, -0.25) is 4.79 Å². The van der Waals surface area contributed by atoms with E-state index < -0.39 is 49.5 Å². The van der Waals surface area contributed by atoms with Gasteiger partial charge in [-0.25, -0.2) is 0 Å². The van der Waals surface area contributed by atoms with E-state index in [9.17, 15) is 30.3 Å². The first-order valence-corrected chi connectivity index (χ1v) is 16.6. The highest BCUT2D eigenvalue weighted by Gasteiger charge is 2.44. The van der Waals surface area contributed by atoms with E-state index in [1.807, 2.05) is 6.08 Å². The molecule has 1 amide bonds.